The van der Waals surface area contributed by atoms with Crippen molar-refractivity contribution in [1.82, 2.24) is 9.55 Å². The van der Waals surface area contributed by atoms with Gasteiger partial charge in [-0.25, -0.2) is 9.37 Å². The third-order valence-corrected chi connectivity index (χ3v) is 8.07. The molecule has 1 aromatic heterocycles. The van der Waals surface area contributed by atoms with E-state index in [1.165, 1.54) is 17.2 Å². The van der Waals surface area contributed by atoms with E-state index >= 15 is 0 Å². The molecule has 3 atom stereocenters. The van der Waals surface area contributed by atoms with Crippen LogP contribution in [0.25, 0.3) is 0 Å². The monoisotopic (exact) mass is 529 g/mol. The van der Waals surface area contributed by atoms with Crippen LogP contribution < -0.4 is 5.56 Å². The third kappa shape index (κ3) is 6.99. The van der Waals surface area contributed by atoms with Crippen LogP contribution in [0.3, 0.4) is 0 Å². The number of nitrogens with zero attached hydrogens (tertiary/aromatic N) is 3. The second-order valence-corrected chi connectivity index (χ2v) is 10.8. The summed E-state index contributed by atoms with van der Waals surface area (Å²) in [5.41, 5.74) is 4.61. The summed E-state index contributed by atoms with van der Waals surface area (Å²) in [6.07, 6.45) is 20.8. The van der Waals surface area contributed by atoms with E-state index in [1.54, 1.807) is 29.0 Å². The largest absolute Gasteiger partial charge is 0.396 e. The van der Waals surface area contributed by atoms with Gasteiger partial charge in [0.2, 0.25) is 0 Å². The lowest BCUT2D eigenvalue weighted by molar-refractivity contribution is 0.238. The first-order chi connectivity index (χ1) is 19.0. The Morgan fingerprint density at radius 1 is 1.28 bits per heavy atom. The second kappa shape index (κ2) is 13.6. The maximum Gasteiger partial charge on any atom is 0.252 e. The molecule has 5 nitrogen and oxygen atoms in total. The Labute approximate surface area is 231 Å². The predicted molar refractivity (Wildman–Crippen MR) is 157 cm³/mol. The number of aliphatic hydroxyl groups excluding tert-OH is 1. The van der Waals surface area contributed by atoms with E-state index in [4.69, 9.17) is 9.98 Å². The lowest BCUT2D eigenvalue weighted by Gasteiger charge is -2.37. The van der Waals surface area contributed by atoms with Crippen LogP contribution in [0, 0.1) is 11.3 Å². The minimum Gasteiger partial charge on any atom is -0.396 e. The van der Waals surface area contributed by atoms with Gasteiger partial charge >= 0.3 is 0 Å². The van der Waals surface area contributed by atoms with E-state index in [-0.39, 0.29) is 17.6 Å². The Morgan fingerprint density at radius 2 is 2.15 bits per heavy atom. The smallest absolute Gasteiger partial charge is 0.252 e. The number of aliphatic hydroxyl groups is 1. The average molecular weight is 530 g/mol. The number of hydrogen-bond donors (Lipinski definition) is 1. The fraction of sp³-hybridized carbons (Fsp3) is 0.424. The molecule has 2 aliphatic carbocycles. The molecule has 3 unspecified atom stereocenters. The van der Waals surface area contributed by atoms with Gasteiger partial charge in [0.15, 0.2) is 0 Å². The standard InChI is InChI=1S/C33H40FN3O2/c1-3-29(10-8-18-34)37-31(11-5-4-6-20-38)35-19-16-27(9-7-12-32(37)39)30-23-33(24-36-30)17-15-26-21-25(2)13-14-28(33)22-26/h3,7-9,12-14,16,18-19,21-22,28-29,38H,1,4-6,10-11,15,17,20,23-24H2,2H3/b12-7?,18-8+,19-16?,27-9?,35-31?. The van der Waals surface area contributed by atoms with Gasteiger partial charge < -0.3 is 5.11 Å². The molecule has 1 spiro atoms. The quantitative estimate of drug-likeness (QED) is 0.271. The molecule has 3 aliphatic rings. The van der Waals surface area contributed by atoms with Crippen molar-refractivity contribution >= 4 is 5.71 Å². The molecule has 1 aliphatic heterocycles. The van der Waals surface area contributed by atoms with Crippen LogP contribution in [0.1, 0.15) is 69.3 Å². The summed E-state index contributed by atoms with van der Waals surface area (Å²) in [5, 5.41) is 9.17. The maximum absolute atomic E-state index is 13.4. The fourth-order valence-corrected chi connectivity index (χ4v) is 5.87. The van der Waals surface area contributed by atoms with Crippen molar-refractivity contribution in [3.8, 4) is 0 Å². The zero-order chi connectivity index (χ0) is 27.7. The molecular formula is C33H40FN3O2. The molecule has 2 bridgehead atoms. The topological polar surface area (TPSA) is 67.5 Å². The first-order valence-electron chi connectivity index (χ1n) is 14.0. The lowest BCUT2D eigenvalue weighted by atomic mass is 9.66. The molecule has 4 rings (SSSR count). The minimum atomic E-state index is -0.420. The van der Waals surface area contributed by atoms with Crippen molar-refractivity contribution in [3.05, 3.63) is 113 Å². The molecule has 0 saturated carbocycles. The van der Waals surface area contributed by atoms with E-state index in [0.29, 0.717) is 37.3 Å². The Bertz CT molecular complexity index is 1320. The SMILES string of the molecule is C=CC(C/C=C/F)n1c(CCCCCO)nccc(C2=NCC3(CCC4=CC3C=CC(C)=C4)C2)cccc1=O. The number of aliphatic imine (C=N–C) groups is 1. The Morgan fingerprint density at radius 3 is 2.95 bits per heavy atom. The van der Waals surface area contributed by atoms with Gasteiger partial charge in [0.25, 0.3) is 5.56 Å². The average Bonchev–Trinajstić information content (AvgIpc) is 3.28. The number of rotatable bonds is 10. The van der Waals surface area contributed by atoms with Crippen LogP contribution in [0.2, 0.25) is 0 Å². The van der Waals surface area contributed by atoms with Gasteiger partial charge in [-0.3, -0.25) is 14.4 Å². The zero-order valence-corrected chi connectivity index (χ0v) is 22.9. The number of aromatic nitrogens is 2. The normalized spacial score (nSPS) is 22.6. The Hall–Kier alpha value is -3.38. The molecule has 39 heavy (non-hydrogen) atoms. The van der Waals surface area contributed by atoms with E-state index < -0.39 is 6.04 Å². The van der Waals surface area contributed by atoms with Gasteiger partial charge in [-0.05, 0) is 57.1 Å². The molecule has 6 heteroatoms. The summed E-state index contributed by atoms with van der Waals surface area (Å²) in [4.78, 5) is 23.2. The molecule has 206 valence electrons. The first-order valence-corrected chi connectivity index (χ1v) is 14.0. The van der Waals surface area contributed by atoms with Crippen LogP contribution in [-0.2, 0) is 6.42 Å². The van der Waals surface area contributed by atoms with E-state index in [2.05, 4.69) is 37.8 Å². The highest BCUT2D eigenvalue weighted by atomic mass is 19.1. The van der Waals surface area contributed by atoms with Gasteiger partial charge in [-0.2, -0.15) is 0 Å². The lowest BCUT2D eigenvalue weighted by Crippen LogP contribution is -2.32. The number of hydrogen-bond acceptors (Lipinski definition) is 4. The Balaban J connectivity index is 1.67. The Kier molecular flexibility index (Phi) is 9.99. The van der Waals surface area contributed by atoms with Gasteiger partial charge in [0.1, 0.15) is 5.82 Å². The van der Waals surface area contributed by atoms with Crippen LogP contribution in [0.4, 0.5) is 4.39 Å². The van der Waals surface area contributed by atoms with Crippen LogP contribution in [-0.4, -0.2) is 33.5 Å². The molecule has 1 aromatic rings. The minimum absolute atomic E-state index is 0.0936. The molecule has 0 radical (unpaired) electrons. The van der Waals surface area contributed by atoms with E-state index in [9.17, 15) is 14.3 Å². The fourth-order valence-electron chi connectivity index (χ4n) is 5.87. The number of unbranched alkanes of at least 4 members (excludes halogenated alkanes) is 2. The predicted octanol–water partition coefficient (Wildman–Crippen LogP) is 6.70. The van der Waals surface area contributed by atoms with Crippen LogP contribution in [0.15, 0.2) is 101 Å². The molecule has 1 N–H and O–H groups in total. The molecule has 0 saturated heterocycles. The molecule has 2 heterocycles. The van der Waals surface area contributed by atoms with Crippen LogP contribution in [0.5, 0.6) is 0 Å². The molecule has 0 fully saturated rings. The van der Waals surface area contributed by atoms with E-state index in [1.807, 2.05) is 12.1 Å². The summed E-state index contributed by atoms with van der Waals surface area (Å²) in [6, 6.07) is 6.82. The number of halogens is 1. The second-order valence-electron chi connectivity index (χ2n) is 10.8. The third-order valence-electron chi connectivity index (χ3n) is 8.07. The van der Waals surface area contributed by atoms with E-state index in [0.717, 1.165) is 49.9 Å². The summed E-state index contributed by atoms with van der Waals surface area (Å²) < 4.78 is 14.4. The highest BCUT2D eigenvalue weighted by Crippen LogP contribution is 2.48. The van der Waals surface area contributed by atoms with Crippen molar-refractivity contribution in [2.24, 2.45) is 16.3 Å². The van der Waals surface area contributed by atoms with Crippen LogP contribution >= 0.6 is 0 Å². The molecule has 0 amide bonds. The summed E-state index contributed by atoms with van der Waals surface area (Å²) >= 11 is 0. The van der Waals surface area contributed by atoms with Crippen molar-refractivity contribution in [2.75, 3.05) is 13.2 Å². The van der Waals surface area contributed by atoms with Gasteiger partial charge in [0, 0.05) is 48.9 Å². The van der Waals surface area contributed by atoms with Gasteiger partial charge in [-0.15, -0.1) is 6.58 Å². The zero-order valence-electron chi connectivity index (χ0n) is 22.9. The summed E-state index contributed by atoms with van der Waals surface area (Å²) in [6.45, 7) is 6.97. The summed E-state index contributed by atoms with van der Waals surface area (Å²) in [5.74, 6) is 0.974. The first kappa shape index (κ1) is 28.6. The number of fused-ring (bicyclic) bond motifs is 2. The highest BCUT2D eigenvalue weighted by Gasteiger charge is 2.43. The number of aryl methyl sites for hydroxylation is 1. The summed E-state index contributed by atoms with van der Waals surface area (Å²) in [7, 11) is 0. The molecule has 0 aromatic carbocycles. The van der Waals surface area contributed by atoms with Gasteiger partial charge in [-0.1, -0.05) is 66.2 Å². The highest BCUT2D eigenvalue weighted by molar-refractivity contribution is 6.02. The van der Waals surface area contributed by atoms with Crippen molar-refractivity contribution in [1.29, 1.82) is 0 Å². The maximum atomic E-state index is 13.4. The van der Waals surface area contributed by atoms with Crippen molar-refractivity contribution < 1.29 is 9.50 Å². The van der Waals surface area contributed by atoms with Crippen molar-refractivity contribution in [2.45, 2.75) is 64.3 Å². The van der Waals surface area contributed by atoms with Gasteiger partial charge in [0.05, 0.1) is 12.4 Å². The van der Waals surface area contributed by atoms with Crippen molar-refractivity contribution in [3.63, 3.8) is 0 Å². The number of allylic oxidation sites excluding steroid dienone is 8. The molecular weight excluding hydrogens is 489 g/mol.